The number of hydrogen-bond donors (Lipinski definition) is 1. The lowest BCUT2D eigenvalue weighted by Crippen LogP contribution is -1.98. The zero-order chi connectivity index (χ0) is 13.1. The van der Waals surface area contributed by atoms with Crippen LogP contribution < -0.4 is 5.73 Å². The van der Waals surface area contributed by atoms with E-state index in [-0.39, 0.29) is 5.82 Å². The van der Waals surface area contributed by atoms with Crippen LogP contribution in [0.2, 0.25) is 0 Å². The van der Waals surface area contributed by atoms with Crippen molar-refractivity contribution in [3.05, 3.63) is 58.3 Å². The molecule has 94 valence electrons. The molecule has 0 amide bonds. The minimum Gasteiger partial charge on any atom is -0.399 e. The molecule has 0 spiro atoms. The zero-order valence-corrected chi connectivity index (χ0v) is 11.8. The van der Waals surface area contributed by atoms with Gasteiger partial charge in [0.25, 0.3) is 0 Å². The molecule has 0 fully saturated rings. The molecular weight excluding hydrogens is 317 g/mol. The minimum absolute atomic E-state index is 0.293. The van der Waals surface area contributed by atoms with E-state index >= 15 is 0 Å². The van der Waals surface area contributed by atoms with Gasteiger partial charge < -0.3 is 5.73 Å². The highest BCUT2D eigenvalue weighted by Gasteiger charge is 2.09. The fourth-order valence-electron chi connectivity index (χ4n) is 1.51. The largest absolute Gasteiger partial charge is 0.399 e. The predicted molar refractivity (Wildman–Crippen MR) is 75.1 cm³/mol. The molecule has 2 nitrogen and oxygen atoms in total. The van der Waals surface area contributed by atoms with Crippen LogP contribution in [0.25, 0.3) is 0 Å². The number of nitrogen functional groups attached to an aromatic ring is 1. The summed E-state index contributed by atoms with van der Waals surface area (Å²) in [6.45, 7) is 0. The monoisotopic (exact) mass is 327 g/mol. The number of rotatable bonds is 3. The van der Waals surface area contributed by atoms with Crippen LogP contribution in [-0.4, -0.2) is 4.21 Å². The van der Waals surface area contributed by atoms with Gasteiger partial charge in [0.15, 0.2) is 0 Å². The molecule has 1 unspecified atom stereocenters. The molecule has 2 rings (SSSR count). The summed E-state index contributed by atoms with van der Waals surface area (Å²) < 4.78 is 25.7. The van der Waals surface area contributed by atoms with Crippen LogP contribution in [0.5, 0.6) is 0 Å². The zero-order valence-electron chi connectivity index (χ0n) is 9.40. The molecule has 0 saturated carbocycles. The van der Waals surface area contributed by atoms with Crippen molar-refractivity contribution in [1.29, 1.82) is 0 Å². The van der Waals surface area contributed by atoms with Crippen molar-refractivity contribution in [3.8, 4) is 0 Å². The Balaban J connectivity index is 2.19. The van der Waals surface area contributed by atoms with Gasteiger partial charge in [-0.15, -0.1) is 0 Å². The lowest BCUT2D eigenvalue weighted by Gasteiger charge is -2.06. The van der Waals surface area contributed by atoms with Crippen molar-refractivity contribution >= 4 is 32.4 Å². The number of nitrogens with two attached hydrogens (primary N) is 1. The molecular formula is C13H11BrFNOS. The second-order valence-electron chi connectivity index (χ2n) is 3.81. The number of anilines is 1. The Bertz CT molecular complexity index is 586. The van der Waals surface area contributed by atoms with Gasteiger partial charge in [0.05, 0.1) is 21.4 Å². The highest BCUT2D eigenvalue weighted by Crippen LogP contribution is 2.24. The normalized spacial score (nSPS) is 12.3. The van der Waals surface area contributed by atoms with E-state index < -0.39 is 10.8 Å². The molecule has 0 radical (unpaired) electrons. The molecule has 0 aromatic heterocycles. The molecule has 1 atom stereocenters. The maximum atomic E-state index is 12.8. The van der Waals surface area contributed by atoms with Gasteiger partial charge >= 0.3 is 0 Å². The summed E-state index contributed by atoms with van der Waals surface area (Å²) >= 11 is 3.34. The lowest BCUT2D eigenvalue weighted by molar-refractivity contribution is 0.627. The highest BCUT2D eigenvalue weighted by molar-refractivity contribution is 9.10. The quantitative estimate of drug-likeness (QED) is 0.877. The minimum atomic E-state index is -1.19. The Morgan fingerprint density at radius 1 is 1.17 bits per heavy atom. The summed E-state index contributed by atoms with van der Waals surface area (Å²) in [5.74, 6) is 0.0567. The molecule has 0 aliphatic rings. The van der Waals surface area contributed by atoms with Crippen LogP contribution >= 0.6 is 15.9 Å². The molecule has 5 heteroatoms. The van der Waals surface area contributed by atoms with E-state index in [1.165, 1.54) is 12.1 Å². The average molecular weight is 328 g/mol. The smallest absolute Gasteiger partial charge is 0.123 e. The topological polar surface area (TPSA) is 43.1 Å². The second-order valence-corrected chi connectivity index (χ2v) is 6.08. The molecule has 0 bridgehead atoms. The molecule has 0 aliphatic heterocycles. The Morgan fingerprint density at radius 2 is 1.83 bits per heavy atom. The van der Waals surface area contributed by atoms with Crippen LogP contribution in [0.1, 0.15) is 5.56 Å². The second kappa shape index (κ2) is 5.63. The summed E-state index contributed by atoms with van der Waals surface area (Å²) in [7, 11) is -1.19. The number of hydrogen-bond acceptors (Lipinski definition) is 2. The molecule has 2 aromatic rings. The summed E-state index contributed by atoms with van der Waals surface area (Å²) in [5, 5.41) is 0. The molecule has 18 heavy (non-hydrogen) atoms. The third kappa shape index (κ3) is 3.17. The Kier molecular flexibility index (Phi) is 4.14. The van der Waals surface area contributed by atoms with E-state index in [0.717, 1.165) is 10.0 Å². The van der Waals surface area contributed by atoms with E-state index in [4.69, 9.17) is 5.73 Å². The van der Waals surface area contributed by atoms with Gasteiger partial charge in [0.2, 0.25) is 0 Å². The van der Waals surface area contributed by atoms with Gasteiger partial charge in [-0.05, 0) is 51.8 Å². The third-order valence-corrected chi connectivity index (χ3v) is 4.77. The lowest BCUT2D eigenvalue weighted by atomic mass is 10.2. The number of benzene rings is 2. The van der Waals surface area contributed by atoms with Gasteiger partial charge in [0, 0.05) is 10.2 Å². The van der Waals surface area contributed by atoms with E-state index in [2.05, 4.69) is 15.9 Å². The first kappa shape index (κ1) is 13.2. The Hall–Kier alpha value is -1.20. The van der Waals surface area contributed by atoms with E-state index in [1.54, 1.807) is 30.3 Å². The summed E-state index contributed by atoms with van der Waals surface area (Å²) in [4.78, 5) is 0.688. The highest BCUT2D eigenvalue weighted by atomic mass is 79.9. The summed E-state index contributed by atoms with van der Waals surface area (Å²) in [6.07, 6.45) is 0. The van der Waals surface area contributed by atoms with Crippen LogP contribution in [0.4, 0.5) is 10.1 Å². The maximum Gasteiger partial charge on any atom is 0.123 e. The molecule has 0 heterocycles. The molecule has 2 N–H and O–H groups in total. The van der Waals surface area contributed by atoms with Crippen molar-refractivity contribution in [3.63, 3.8) is 0 Å². The van der Waals surface area contributed by atoms with Crippen molar-refractivity contribution in [1.82, 2.24) is 0 Å². The average Bonchev–Trinajstić information content (AvgIpc) is 2.32. The number of halogens is 2. The SMILES string of the molecule is Nc1ccc(S(=O)Cc2ccc(F)cc2)c(Br)c1. The van der Waals surface area contributed by atoms with Crippen molar-refractivity contribution < 1.29 is 8.60 Å². The van der Waals surface area contributed by atoms with Crippen LogP contribution in [-0.2, 0) is 16.6 Å². The van der Waals surface area contributed by atoms with Crippen LogP contribution in [0, 0.1) is 5.82 Å². The fourth-order valence-corrected chi connectivity index (χ4v) is 3.60. The van der Waals surface area contributed by atoms with E-state index in [1.807, 2.05) is 0 Å². The van der Waals surface area contributed by atoms with Gasteiger partial charge in [-0.2, -0.15) is 0 Å². The Labute approximate surface area is 116 Å². The van der Waals surface area contributed by atoms with Gasteiger partial charge in [0.1, 0.15) is 5.82 Å². The van der Waals surface area contributed by atoms with Crippen LogP contribution in [0.15, 0.2) is 51.8 Å². The molecule has 0 saturated heterocycles. The van der Waals surface area contributed by atoms with Crippen molar-refractivity contribution in [2.24, 2.45) is 0 Å². The van der Waals surface area contributed by atoms with Gasteiger partial charge in [-0.1, -0.05) is 12.1 Å². The van der Waals surface area contributed by atoms with E-state index in [0.29, 0.717) is 16.3 Å². The first-order chi connectivity index (χ1) is 8.56. The van der Waals surface area contributed by atoms with E-state index in [9.17, 15) is 8.60 Å². The first-order valence-electron chi connectivity index (χ1n) is 5.24. The first-order valence-corrected chi connectivity index (χ1v) is 7.35. The standard InChI is InChI=1S/C13H11BrFNOS/c14-12-7-11(16)5-6-13(12)18(17)8-9-1-3-10(15)4-2-9/h1-7H,8,16H2. The summed E-state index contributed by atoms with van der Waals surface area (Å²) in [6, 6.07) is 11.2. The third-order valence-electron chi connectivity index (χ3n) is 2.41. The predicted octanol–water partition coefficient (Wildman–Crippen LogP) is 3.48. The van der Waals surface area contributed by atoms with Crippen molar-refractivity contribution in [2.45, 2.75) is 10.6 Å². The van der Waals surface area contributed by atoms with Crippen molar-refractivity contribution in [2.75, 3.05) is 5.73 Å². The van der Waals surface area contributed by atoms with Gasteiger partial charge in [-0.3, -0.25) is 4.21 Å². The van der Waals surface area contributed by atoms with Crippen LogP contribution in [0.3, 0.4) is 0 Å². The molecule has 2 aromatic carbocycles. The summed E-state index contributed by atoms with van der Waals surface area (Å²) in [5.41, 5.74) is 7.07. The molecule has 0 aliphatic carbocycles. The fraction of sp³-hybridized carbons (Fsp3) is 0.0769. The van der Waals surface area contributed by atoms with Gasteiger partial charge in [-0.25, -0.2) is 4.39 Å². The maximum absolute atomic E-state index is 12.8. The Morgan fingerprint density at radius 3 is 2.44 bits per heavy atom.